The van der Waals surface area contributed by atoms with Crippen LogP contribution in [0.25, 0.3) is 11.1 Å². The molecule has 0 radical (unpaired) electrons. The lowest BCUT2D eigenvalue weighted by Crippen LogP contribution is -1.98. The first-order valence-electron chi connectivity index (χ1n) is 5.08. The molecule has 2 aromatic rings. The van der Waals surface area contributed by atoms with Gasteiger partial charge in [0.05, 0.1) is 12.1 Å². The van der Waals surface area contributed by atoms with Crippen LogP contribution in [-0.2, 0) is 11.2 Å². The van der Waals surface area contributed by atoms with Crippen molar-refractivity contribution in [2.24, 2.45) is 0 Å². The van der Waals surface area contributed by atoms with Crippen molar-refractivity contribution in [2.45, 2.75) is 12.8 Å². The van der Waals surface area contributed by atoms with Crippen LogP contribution in [0, 0.1) is 5.82 Å². The summed E-state index contributed by atoms with van der Waals surface area (Å²) in [6, 6.07) is 5.88. The first kappa shape index (κ1) is 11.3. The van der Waals surface area contributed by atoms with Gasteiger partial charge >= 0.3 is 5.97 Å². The Bertz CT molecular complexity index is 519. The predicted octanol–water partition coefficient (Wildman–Crippen LogP) is 2.50. The SMILES string of the molecule is O=C(O)CCc1nocc1-c1ccc(F)cc1. The van der Waals surface area contributed by atoms with Crippen molar-refractivity contribution >= 4 is 5.97 Å². The van der Waals surface area contributed by atoms with E-state index in [9.17, 15) is 9.18 Å². The Hall–Kier alpha value is -2.17. The second-order valence-corrected chi connectivity index (χ2v) is 3.58. The summed E-state index contributed by atoms with van der Waals surface area (Å²) in [5.74, 6) is -1.21. The molecule has 1 N–H and O–H groups in total. The molecule has 0 saturated heterocycles. The van der Waals surface area contributed by atoms with E-state index < -0.39 is 5.97 Å². The molecular formula is C12H10FNO3. The molecule has 4 nitrogen and oxygen atoms in total. The number of rotatable bonds is 4. The number of carboxylic acid groups (broad SMARTS) is 1. The van der Waals surface area contributed by atoms with Crippen LogP contribution in [0.4, 0.5) is 4.39 Å². The average Bonchev–Trinajstić information content (AvgIpc) is 2.75. The van der Waals surface area contributed by atoms with E-state index in [0.717, 1.165) is 5.56 Å². The standard InChI is InChI=1S/C12H10FNO3/c13-9-3-1-8(2-4-9)10-7-17-14-11(10)5-6-12(15)16/h1-4,7H,5-6H2,(H,15,16). The Labute approximate surface area is 96.7 Å². The molecule has 0 aliphatic rings. The maximum atomic E-state index is 12.8. The quantitative estimate of drug-likeness (QED) is 0.884. The number of benzene rings is 1. The van der Waals surface area contributed by atoms with Crippen molar-refractivity contribution in [1.82, 2.24) is 5.16 Å². The summed E-state index contributed by atoms with van der Waals surface area (Å²) in [7, 11) is 0. The van der Waals surface area contributed by atoms with Gasteiger partial charge in [0.25, 0.3) is 0 Å². The van der Waals surface area contributed by atoms with Gasteiger partial charge in [-0.25, -0.2) is 4.39 Å². The molecule has 0 unspecified atom stereocenters. The second-order valence-electron chi connectivity index (χ2n) is 3.58. The van der Waals surface area contributed by atoms with Crippen molar-refractivity contribution in [3.05, 3.63) is 42.0 Å². The number of carboxylic acids is 1. The van der Waals surface area contributed by atoms with E-state index in [4.69, 9.17) is 9.63 Å². The van der Waals surface area contributed by atoms with Crippen LogP contribution >= 0.6 is 0 Å². The molecule has 5 heteroatoms. The van der Waals surface area contributed by atoms with Gasteiger partial charge in [0.15, 0.2) is 0 Å². The lowest BCUT2D eigenvalue weighted by Gasteiger charge is -1.99. The van der Waals surface area contributed by atoms with E-state index in [0.29, 0.717) is 17.7 Å². The zero-order valence-electron chi connectivity index (χ0n) is 8.89. The molecule has 0 saturated carbocycles. The fourth-order valence-electron chi connectivity index (χ4n) is 1.53. The monoisotopic (exact) mass is 235 g/mol. The minimum Gasteiger partial charge on any atom is -0.481 e. The van der Waals surface area contributed by atoms with Crippen LogP contribution < -0.4 is 0 Å². The van der Waals surface area contributed by atoms with Crippen molar-refractivity contribution in [3.63, 3.8) is 0 Å². The van der Waals surface area contributed by atoms with Crippen LogP contribution in [-0.4, -0.2) is 16.2 Å². The molecule has 1 heterocycles. The van der Waals surface area contributed by atoms with Crippen molar-refractivity contribution in [1.29, 1.82) is 0 Å². The number of hydrogen-bond donors (Lipinski definition) is 1. The molecule has 0 spiro atoms. The van der Waals surface area contributed by atoms with Crippen molar-refractivity contribution < 1.29 is 18.8 Å². The van der Waals surface area contributed by atoms with Gasteiger partial charge in [0.1, 0.15) is 12.1 Å². The highest BCUT2D eigenvalue weighted by molar-refractivity contribution is 5.69. The average molecular weight is 235 g/mol. The fraction of sp³-hybridized carbons (Fsp3) is 0.167. The van der Waals surface area contributed by atoms with Gasteiger partial charge in [-0.15, -0.1) is 0 Å². The molecule has 0 atom stereocenters. The minimum atomic E-state index is -0.891. The first-order valence-corrected chi connectivity index (χ1v) is 5.08. The van der Waals surface area contributed by atoms with Gasteiger partial charge in [-0.05, 0) is 17.7 Å². The molecule has 1 aromatic carbocycles. The van der Waals surface area contributed by atoms with Crippen molar-refractivity contribution in [2.75, 3.05) is 0 Å². The maximum absolute atomic E-state index is 12.8. The zero-order chi connectivity index (χ0) is 12.3. The zero-order valence-corrected chi connectivity index (χ0v) is 8.89. The molecule has 2 rings (SSSR count). The molecule has 0 bridgehead atoms. The number of aromatic nitrogens is 1. The Kier molecular flexibility index (Phi) is 3.18. The highest BCUT2D eigenvalue weighted by Crippen LogP contribution is 2.24. The summed E-state index contributed by atoms with van der Waals surface area (Å²) in [6.07, 6.45) is 1.71. The lowest BCUT2D eigenvalue weighted by molar-refractivity contribution is -0.136. The number of hydrogen-bond acceptors (Lipinski definition) is 3. The highest BCUT2D eigenvalue weighted by atomic mass is 19.1. The van der Waals surface area contributed by atoms with Crippen LogP contribution in [0.3, 0.4) is 0 Å². The Morgan fingerprint density at radius 1 is 1.35 bits per heavy atom. The summed E-state index contributed by atoms with van der Waals surface area (Å²) in [6.45, 7) is 0. The Balaban J connectivity index is 2.24. The molecule has 0 aliphatic heterocycles. The summed E-state index contributed by atoms with van der Waals surface area (Å²) in [5.41, 5.74) is 2.03. The van der Waals surface area contributed by atoms with Crippen LogP contribution in [0.2, 0.25) is 0 Å². The Morgan fingerprint density at radius 3 is 2.71 bits per heavy atom. The van der Waals surface area contributed by atoms with Crippen LogP contribution in [0.5, 0.6) is 0 Å². The third-order valence-electron chi connectivity index (χ3n) is 2.38. The summed E-state index contributed by atoms with van der Waals surface area (Å²) >= 11 is 0. The van der Waals surface area contributed by atoms with E-state index in [1.807, 2.05) is 0 Å². The van der Waals surface area contributed by atoms with Crippen LogP contribution in [0.1, 0.15) is 12.1 Å². The summed E-state index contributed by atoms with van der Waals surface area (Å²) in [4.78, 5) is 10.5. The second kappa shape index (κ2) is 4.78. The molecule has 0 aliphatic carbocycles. The van der Waals surface area contributed by atoms with Gasteiger partial charge < -0.3 is 9.63 Å². The van der Waals surface area contributed by atoms with Crippen LogP contribution in [0.15, 0.2) is 35.1 Å². The third kappa shape index (κ3) is 2.69. The van der Waals surface area contributed by atoms with Gasteiger partial charge in [-0.3, -0.25) is 4.79 Å². The van der Waals surface area contributed by atoms with Gasteiger partial charge in [-0.1, -0.05) is 17.3 Å². The Morgan fingerprint density at radius 2 is 2.06 bits per heavy atom. The molecular weight excluding hydrogens is 225 g/mol. The number of nitrogens with zero attached hydrogens (tertiary/aromatic N) is 1. The van der Waals surface area contributed by atoms with E-state index in [2.05, 4.69) is 5.16 Å². The molecule has 0 amide bonds. The molecule has 0 fully saturated rings. The largest absolute Gasteiger partial charge is 0.481 e. The first-order chi connectivity index (χ1) is 8.16. The maximum Gasteiger partial charge on any atom is 0.303 e. The van der Waals surface area contributed by atoms with E-state index in [1.54, 1.807) is 12.1 Å². The number of aliphatic carboxylic acids is 1. The van der Waals surface area contributed by atoms with Crippen molar-refractivity contribution in [3.8, 4) is 11.1 Å². The third-order valence-corrected chi connectivity index (χ3v) is 2.38. The van der Waals surface area contributed by atoms with E-state index in [1.165, 1.54) is 18.4 Å². The molecule has 1 aromatic heterocycles. The van der Waals surface area contributed by atoms with Gasteiger partial charge in [0, 0.05) is 12.0 Å². The normalized spacial score (nSPS) is 10.4. The molecule has 88 valence electrons. The lowest BCUT2D eigenvalue weighted by atomic mass is 10.0. The highest BCUT2D eigenvalue weighted by Gasteiger charge is 2.11. The molecule has 17 heavy (non-hydrogen) atoms. The minimum absolute atomic E-state index is 0.0132. The fourth-order valence-corrected chi connectivity index (χ4v) is 1.53. The predicted molar refractivity (Wildman–Crippen MR) is 57.9 cm³/mol. The van der Waals surface area contributed by atoms with Gasteiger partial charge in [0.2, 0.25) is 0 Å². The summed E-state index contributed by atoms with van der Waals surface area (Å²) < 4.78 is 17.6. The van der Waals surface area contributed by atoms with E-state index in [-0.39, 0.29) is 12.2 Å². The summed E-state index contributed by atoms with van der Waals surface area (Å²) in [5, 5.41) is 12.4. The number of carbonyl (C=O) groups is 1. The number of halogens is 1. The number of aryl methyl sites for hydroxylation is 1. The topological polar surface area (TPSA) is 63.3 Å². The smallest absolute Gasteiger partial charge is 0.303 e. The van der Waals surface area contributed by atoms with E-state index >= 15 is 0 Å². The van der Waals surface area contributed by atoms with Gasteiger partial charge in [-0.2, -0.15) is 0 Å².